The second-order valence-electron chi connectivity index (χ2n) is 6.83. The van der Waals surface area contributed by atoms with E-state index in [2.05, 4.69) is 36.5 Å². The Morgan fingerprint density at radius 2 is 1.74 bits per heavy atom. The van der Waals surface area contributed by atoms with E-state index < -0.39 is 0 Å². The predicted octanol–water partition coefficient (Wildman–Crippen LogP) is 3.42. The first-order valence-electron chi connectivity index (χ1n) is 9.21. The van der Waals surface area contributed by atoms with Crippen molar-refractivity contribution in [3.63, 3.8) is 0 Å². The average Bonchev–Trinajstić information content (AvgIpc) is 2.99. The number of aryl methyl sites for hydroxylation is 1. The lowest BCUT2D eigenvalue weighted by Crippen LogP contribution is -2.31. The zero-order valence-electron chi connectivity index (χ0n) is 14.4. The zero-order valence-corrected chi connectivity index (χ0v) is 14.4. The summed E-state index contributed by atoms with van der Waals surface area (Å²) in [6.07, 6.45) is 9.71. The summed E-state index contributed by atoms with van der Waals surface area (Å²) in [6.45, 7) is 2.78. The number of ketones is 1. The summed E-state index contributed by atoms with van der Waals surface area (Å²) in [4.78, 5) is 12.2. The Morgan fingerprint density at radius 1 is 1.09 bits per heavy atom. The van der Waals surface area contributed by atoms with E-state index in [0.29, 0.717) is 19.4 Å². The van der Waals surface area contributed by atoms with Gasteiger partial charge in [-0.3, -0.25) is 4.79 Å². The summed E-state index contributed by atoms with van der Waals surface area (Å²) < 4.78 is 0. The maximum absolute atomic E-state index is 12.2. The van der Waals surface area contributed by atoms with Crippen molar-refractivity contribution in [1.29, 1.82) is 0 Å². The van der Waals surface area contributed by atoms with E-state index in [9.17, 15) is 9.90 Å². The minimum atomic E-state index is -0.372. The Kier molecular flexibility index (Phi) is 7.77. The van der Waals surface area contributed by atoms with Gasteiger partial charge in [-0.1, -0.05) is 63.3 Å². The van der Waals surface area contributed by atoms with Crippen LogP contribution in [0.4, 0.5) is 0 Å². The molecule has 0 saturated carbocycles. The number of nitrogens with one attached hydrogen (secondary N) is 1. The highest BCUT2D eigenvalue weighted by atomic mass is 16.3. The molecule has 2 atom stereocenters. The molecule has 0 amide bonds. The van der Waals surface area contributed by atoms with Crippen molar-refractivity contribution in [3.8, 4) is 0 Å². The fraction of sp³-hybridized carbons (Fsp3) is 0.650. The Hall–Kier alpha value is -1.19. The zero-order chi connectivity index (χ0) is 16.5. The number of rotatable bonds is 10. The number of carbonyl (C=O) groups excluding carboxylic acids is 1. The molecule has 1 aromatic rings. The van der Waals surface area contributed by atoms with Gasteiger partial charge in [-0.05, 0) is 30.4 Å². The summed E-state index contributed by atoms with van der Waals surface area (Å²) in [7, 11) is 0. The molecular weight excluding hydrogens is 286 g/mol. The average molecular weight is 317 g/mol. The van der Waals surface area contributed by atoms with Gasteiger partial charge in [0.05, 0.1) is 12.1 Å². The molecule has 0 unspecified atom stereocenters. The van der Waals surface area contributed by atoms with Crippen LogP contribution >= 0.6 is 0 Å². The minimum absolute atomic E-state index is 0.173. The van der Waals surface area contributed by atoms with Crippen LogP contribution in [0, 0.1) is 0 Å². The lowest BCUT2D eigenvalue weighted by atomic mass is 9.99. The number of benzene rings is 1. The lowest BCUT2D eigenvalue weighted by molar-refractivity contribution is -0.120. The van der Waals surface area contributed by atoms with Crippen molar-refractivity contribution in [3.05, 3.63) is 35.4 Å². The van der Waals surface area contributed by atoms with E-state index in [-0.39, 0.29) is 17.9 Å². The molecular formula is C20H31NO2. The molecule has 1 aliphatic rings. The van der Waals surface area contributed by atoms with Crippen molar-refractivity contribution < 1.29 is 9.90 Å². The highest BCUT2D eigenvalue weighted by Crippen LogP contribution is 2.14. The van der Waals surface area contributed by atoms with Crippen molar-refractivity contribution >= 4 is 5.78 Å². The van der Waals surface area contributed by atoms with Crippen LogP contribution in [0.25, 0.3) is 0 Å². The van der Waals surface area contributed by atoms with Crippen molar-refractivity contribution in [2.24, 2.45) is 0 Å². The van der Waals surface area contributed by atoms with Gasteiger partial charge < -0.3 is 10.4 Å². The number of Topliss-reactive ketones (excluding diaryl/α,β-unsaturated/α-hetero) is 1. The number of hydrogen-bond acceptors (Lipinski definition) is 3. The molecule has 23 heavy (non-hydrogen) atoms. The molecule has 0 aromatic heterocycles. The highest BCUT2D eigenvalue weighted by molar-refractivity contribution is 5.86. The molecule has 3 heteroatoms. The number of hydrogen-bond donors (Lipinski definition) is 2. The molecule has 1 saturated heterocycles. The van der Waals surface area contributed by atoms with Gasteiger partial charge >= 0.3 is 0 Å². The first-order valence-corrected chi connectivity index (χ1v) is 9.21. The van der Waals surface area contributed by atoms with Crippen LogP contribution in [0.15, 0.2) is 24.3 Å². The predicted molar refractivity (Wildman–Crippen MR) is 94.6 cm³/mol. The number of aliphatic hydroxyl groups excluding tert-OH is 1. The quantitative estimate of drug-likeness (QED) is 0.650. The third-order valence-corrected chi connectivity index (χ3v) is 4.72. The van der Waals surface area contributed by atoms with Crippen LogP contribution in [0.5, 0.6) is 0 Å². The normalized spacial score (nSPS) is 20.8. The molecule has 0 radical (unpaired) electrons. The van der Waals surface area contributed by atoms with Gasteiger partial charge in [0.25, 0.3) is 0 Å². The Balaban J connectivity index is 1.68. The van der Waals surface area contributed by atoms with E-state index in [1.54, 1.807) is 0 Å². The third kappa shape index (κ3) is 6.44. The number of unbranched alkanes of at least 4 members (excludes halogenated alkanes) is 5. The van der Waals surface area contributed by atoms with Crippen LogP contribution in [0.1, 0.15) is 63.0 Å². The van der Waals surface area contributed by atoms with Gasteiger partial charge in [0.1, 0.15) is 0 Å². The van der Waals surface area contributed by atoms with Crippen molar-refractivity contribution in [2.75, 3.05) is 6.54 Å². The Labute approximate surface area is 140 Å². The van der Waals surface area contributed by atoms with Gasteiger partial charge in [-0.15, -0.1) is 0 Å². The van der Waals surface area contributed by atoms with E-state index in [1.807, 2.05) is 0 Å². The first kappa shape index (κ1) is 18.2. The number of carbonyl (C=O) groups is 1. The monoisotopic (exact) mass is 317 g/mol. The van der Waals surface area contributed by atoms with Crippen LogP contribution in [-0.4, -0.2) is 29.6 Å². The number of aliphatic hydroxyl groups is 1. The second kappa shape index (κ2) is 9.84. The van der Waals surface area contributed by atoms with Gasteiger partial charge in [-0.2, -0.15) is 0 Å². The molecule has 1 heterocycles. The summed E-state index contributed by atoms with van der Waals surface area (Å²) in [5, 5.41) is 12.6. The molecule has 1 aromatic carbocycles. The summed E-state index contributed by atoms with van der Waals surface area (Å²) in [5.41, 5.74) is 2.44. The molecule has 0 bridgehead atoms. The molecule has 1 fully saturated rings. The number of β-amino-alcohol motifs (C(OH)–C–C–N with tert-alkyl or cyclic N) is 1. The van der Waals surface area contributed by atoms with E-state index in [1.165, 1.54) is 44.1 Å². The molecule has 2 rings (SSSR count). The topological polar surface area (TPSA) is 49.3 Å². The standard InChI is InChI=1S/C20H31NO2/c1-2-3-4-5-6-7-8-16-9-11-17(12-10-16)13-20(23)19-14-18(22)15-21-19/h9-12,18-19,21-22H,2-8,13-15H2,1H3/t18-,19+/m0/s1. The van der Waals surface area contributed by atoms with Gasteiger partial charge in [0.2, 0.25) is 0 Å². The molecule has 0 aliphatic carbocycles. The molecule has 0 spiro atoms. The van der Waals surface area contributed by atoms with E-state index in [0.717, 1.165) is 12.0 Å². The lowest BCUT2D eigenvalue weighted by Gasteiger charge is -2.09. The summed E-state index contributed by atoms with van der Waals surface area (Å²) in [5.74, 6) is 0.185. The Bertz CT molecular complexity index is 469. The van der Waals surface area contributed by atoms with E-state index in [4.69, 9.17) is 0 Å². The fourth-order valence-corrected chi connectivity index (χ4v) is 3.22. The van der Waals surface area contributed by atoms with E-state index >= 15 is 0 Å². The van der Waals surface area contributed by atoms with Gasteiger partial charge in [0.15, 0.2) is 5.78 Å². The molecule has 1 aliphatic heterocycles. The first-order chi connectivity index (χ1) is 11.2. The fourth-order valence-electron chi connectivity index (χ4n) is 3.22. The van der Waals surface area contributed by atoms with Crippen molar-refractivity contribution in [2.45, 2.75) is 76.9 Å². The molecule has 128 valence electrons. The van der Waals surface area contributed by atoms with Gasteiger partial charge in [0, 0.05) is 13.0 Å². The second-order valence-corrected chi connectivity index (χ2v) is 6.83. The Morgan fingerprint density at radius 3 is 2.39 bits per heavy atom. The summed E-state index contributed by atoms with van der Waals surface area (Å²) >= 11 is 0. The smallest absolute Gasteiger partial charge is 0.154 e. The molecule has 3 nitrogen and oxygen atoms in total. The maximum atomic E-state index is 12.2. The SMILES string of the molecule is CCCCCCCCc1ccc(CC(=O)[C@H]2C[C@H](O)CN2)cc1. The van der Waals surface area contributed by atoms with Crippen LogP contribution in [0.2, 0.25) is 0 Å². The largest absolute Gasteiger partial charge is 0.392 e. The van der Waals surface area contributed by atoms with Crippen LogP contribution < -0.4 is 5.32 Å². The minimum Gasteiger partial charge on any atom is -0.392 e. The third-order valence-electron chi connectivity index (χ3n) is 4.72. The van der Waals surface area contributed by atoms with Crippen LogP contribution in [-0.2, 0) is 17.6 Å². The van der Waals surface area contributed by atoms with Gasteiger partial charge in [-0.25, -0.2) is 0 Å². The summed E-state index contributed by atoms with van der Waals surface area (Å²) in [6, 6.07) is 8.30. The maximum Gasteiger partial charge on any atom is 0.154 e. The molecule has 2 N–H and O–H groups in total. The van der Waals surface area contributed by atoms with Crippen molar-refractivity contribution in [1.82, 2.24) is 5.32 Å². The van der Waals surface area contributed by atoms with Crippen LogP contribution in [0.3, 0.4) is 0 Å². The highest BCUT2D eigenvalue weighted by Gasteiger charge is 2.27.